The molecule has 0 N–H and O–H groups in total. The summed E-state index contributed by atoms with van der Waals surface area (Å²) in [5, 5.41) is 1.55. The molecule has 0 amide bonds. The quantitative estimate of drug-likeness (QED) is 0.130. The van der Waals surface area contributed by atoms with Crippen molar-refractivity contribution in [2.45, 2.75) is 134 Å². The van der Waals surface area contributed by atoms with Gasteiger partial charge in [-0.3, -0.25) is 0 Å². The maximum Gasteiger partial charge on any atom is 1.00 e. The maximum absolute atomic E-state index is 11.8. The SMILES string of the molecule is CCCCCCCCCCc1ccc2c(S(=O)(=O)[O-])ccc(CCCCCCCCCC)c2c1.[Na+]. The van der Waals surface area contributed by atoms with Crippen LogP contribution in [0.1, 0.15) is 128 Å². The molecule has 0 aliphatic heterocycles. The Kier molecular flexibility index (Phi) is 17.5. The zero-order chi connectivity index (χ0) is 24.7. The molecule has 3 nitrogen and oxygen atoms in total. The molecule has 0 fully saturated rings. The summed E-state index contributed by atoms with van der Waals surface area (Å²) in [5.74, 6) is 0. The Balaban J connectivity index is 0.00000612. The van der Waals surface area contributed by atoms with E-state index in [2.05, 4.69) is 19.9 Å². The minimum absolute atomic E-state index is 0. The minimum Gasteiger partial charge on any atom is -0.744 e. The van der Waals surface area contributed by atoms with Crippen molar-refractivity contribution in [3.63, 3.8) is 0 Å². The molecule has 0 aliphatic carbocycles. The van der Waals surface area contributed by atoms with Crippen LogP contribution < -0.4 is 29.6 Å². The van der Waals surface area contributed by atoms with E-state index in [0.29, 0.717) is 5.39 Å². The average Bonchev–Trinajstić information content (AvgIpc) is 2.81. The molecule has 0 aromatic heterocycles. The van der Waals surface area contributed by atoms with Gasteiger partial charge in [-0.05, 0) is 53.6 Å². The molecular weight excluding hydrogens is 463 g/mol. The molecule has 2 aromatic rings. The molecule has 0 unspecified atom stereocenters. The molecule has 192 valence electrons. The van der Waals surface area contributed by atoms with E-state index in [-0.39, 0.29) is 34.5 Å². The molecule has 2 aromatic carbocycles. The summed E-state index contributed by atoms with van der Waals surface area (Å²) >= 11 is 0. The summed E-state index contributed by atoms with van der Waals surface area (Å²) in [6, 6.07) is 9.40. The molecule has 0 saturated carbocycles. The van der Waals surface area contributed by atoms with Gasteiger partial charge in [-0.2, -0.15) is 0 Å². The zero-order valence-electron chi connectivity index (χ0n) is 22.7. The number of hydrogen-bond acceptors (Lipinski definition) is 3. The first kappa shape index (κ1) is 32.6. The van der Waals surface area contributed by atoms with Crippen LogP contribution in [0.5, 0.6) is 0 Å². The molecule has 0 heterocycles. The number of aryl methyl sites for hydroxylation is 2. The van der Waals surface area contributed by atoms with Gasteiger partial charge in [0.15, 0.2) is 0 Å². The van der Waals surface area contributed by atoms with Crippen molar-refractivity contribution in [1.82, 2.24) is 0 Å². The van der Waals surface area contributed by atoms with Crippen molar-refractivity contribution < 1.29 is 42.5 Å². The van der Waals surface area contributed by atoms with Crippen LogP contribution in [0.25, 0.3) is 10.8 Å². The summed E-state index contributed by atoms with van der Waals surface area (Å²) in [6.45, 7) is 4.49. The maximum atomic E-state index is 11.8. The molecule has 35 heavy (non-hydrogen) atoms. The van der Waals surface area contributed by atoms with Gasteiger partial charge in [-0.1, -0.05) is 128 Å². The van der Waals surface area contributed by atoms with Gasteiger partial charge in [0.05, 0.1) is 4.90 Å². The average molecular weight is 511 g/mol. The standard InChI is InChI=1S/C30H48O3S.Na/c1-3-5-7-9-11-13-15-17-19-26-21-23-28-29(25-26)27(22-24-30(28)34(31,32)33)20-18-16-14-12-10-8-6-4-2;/h21-25H,3-20H2,1-2H3,(H,31,32,33);/q;+1/p-1. The summed E-state index contributed by atoms with van der Waals surface area (Å²) < 4.78 is 35.5. The predicted molar refractivity (Wildman–Crippen MR) is 145 cm³/mol. The van der Waals surface area contributed by atoms with Crippen LogP contribution in [-0.2, 0) is 23.0 Å². The first-order valence-electron chi connectivity index (χ1n) is 14.0. The summed E-state index contributed by atoms with van der Waals surface area (Å²) in [5.41, 5.74) is 2.42. The molecule has 5 heteroatoms. The normalized spacial score (nSPS) is 11.6. The van der Waals surface area contributed by atoms with Crippen molar-refractivity contribution in [3.8, 4) is 0 Å². The van der Waals surface area contributed by atoms with E-state index in [1.165, 1.54) is 107 Å². The van der Waals surface area contributed by atoms with Crippen molar-refractivity contribution in [3.05, 3.63) is 41.5 Å². The second-order valence-corrected chi connectivity index (χ2v) is 11.4. The zero-order valence-corrected chi connectivity index (χ0v) is 25.6. The van der Waals surface area contributed by atoms with Crippen LogP contribution in [0.4, 0.5) is 0 Å². The van der Waals surface area contributed by atoms with Crippen LogP contribution in [0, 0.1) is 0 Å². The Hall–Kier alpha value is -0.390. The molecule has 0 radical (unpaired) electrons. The molecule has 0 aliphatic rings. The van der Waals surface area contributed by atoms with Crippen molar-refractivity contribution in [2.24, 2.45) is 0 Å². The Morgan fingerprint density at radius 3 is 1.60 bits per heavy atom. The monoisotopic (exact) mass is 510 g/mol. The van der Waals surface area contributed by atoms with E-state index < -0.39 is 10.1 Å². The molecule has 0 saturated heterocycles. The fourth-order valence-electron chi connectivity index (χ4n) is 4.93. The first-order chi connectivity index (χ1) is 16.5. The second-order valence-electron chi connectivity index (χ2n) is 10.0. The third-order valence-corrected chi connectivity index (χ3v) is 7.91. The molecule has 2 rings (SSSR count). The van der Waals surface area contributed by atoms with Crippen molar-refractivity contribution >= 4 is 20.9 Å². The Morgan fingerprint density at radius 1 is 0.600 bits per heavy atom. The summed E-state index contributed by atoms with van der Waals surface area (Å²) in [7, 11) is -4.48. The summed E-state index contributed by atoms with van der Waals surface area (Å²) in [6.07, 6.45) is 22.5. The third-order valence-electron chi connectivity index (χ3n) is 7.02. The number of hydrogen-bond donors (Lipinski definition) is 0. The topological polar surface area (TPSA) is 57.2 Å². The van der Waals surface area contributed by atoms with E-state index in [9.17, 15) is 13.0 Å². The van der Waals surface area contributed by atoms with Crippen molar-refractivity contribution in [1.29, 1.82) is 0 Å². The van der Waals surface area contributed by atoms with Gasteiger partial charge in [0, 0.05) is 0 Å². The van der Waals surface area contributed by atoms with Gasteiger partial charge in [0.1, 0.15) is 10.1 Å². The van der Waals surface area contributed by atoms with Gasteiger partial charge >= 0.3 is 29.6 Å². The second kappa shape index (κ2) is 18.8. The minimum atomic E-state index is -4.48. The number of benzene rings is 2. The number of unbranched alkanes of at least 4 members (excludes halogenated alkanes) is 14. The van der Waals surface area contributed by atoms with E-state index in [4.69, 9.17) is 0 Å². The molecule has 0 spiro atoms. The van der Waals surface area contributed by atoms with E-state index in [0.717, 1.165) is 31.1 Å². The van der Waals surface area contributed by atoms with Gasteiger partial charge < -0.3 is 4.55 Å². The van der Waals surface area contributed by atoms with E-state index in [1.807, 2.05) is 18.2 Å². The molecule has 0 bridgehead atoms. The summed E-state index contributed by atoms with van der Waals surface area (Å²) in [4.78, 5) is -0.0826. The predicted octanol–water partition coefficient (Wildman–Crippen LogP) is 6.11. The largest absolute Gasteiger partial charge is 1.00 e. The van der Waals surface area contributed by atoms with Crippen LogP contribution in [0.15, 0.2) is 35.2 Å². The van der Waals surface area contributed by atoms with Crippen LogP contribution in [0.3, 0.4) is 0 Å². The Labute approximate surface area is 237 Å². The van der Waals surface area contributed by atoms with Crippen molar-refractivity contribution in [2.75, 3.05) is 0 Å². The van der Waals surface area contributed by atoms with Crippen LogP contribution in [0.2, 0.25) is 0 Å². The number of fused-ring (bicyclic) bond motifs is 1. The number of rotatable bonds is 19. The Bertz CT molecular complexity index is 940. The van der Waals surface area contributed by atoms with Gasteiger partial charge in [0.25, 0.3) is 0 Å². The molecule has 0 atom stereocenters. The van der Waals surface area contributed by atoms with Gasteiger partial charge in [-0.25, -0.2) is 8.42 Å². The molecular formula is C30H47NaO3S. The van der Waals surface area contributed by atoms with E-state index in [1.54, 1.807) is 0 Å². The first-order valence-corrected chi connectivity index (χ1v) is 15.4. The fraction of sp³-hybridized carbons (Fsp3) is 0.667. The van der Waals surface area contributed by atoms with E-state index >= 15 is 0 Å². The fourth-order valence-corrected chi connectivity index (χ4v) is 5.61. The van der Waals surface area contributed by atoms with Gasteiger partial charge in [-0.15, -0.1) is 0 Å². The smallest absolute Gasteiger partial charge is 0.744 e. The van der Waals surface area contributed by atoms with Crippen LogP contribution in [-0.4, -0.2) is 13.0 Å². The Morgan fingerprint density at radius 2 is 1.09 bits per heavy atom. The van der Waals surface area contributed by atoms with Crippen LogP contribution >= 0.6 is 0 Å². The third kappa shape index (κ3) is 12.6. The van der Waals surface area contributed by atoms with Gasteiger partial charge in [0.2, 0.25) is 0 Å².